The van der Waals surface area contributed by atoms with Gasteiger partial charge in [0.1, 0.15) is 0 Å². The van der Waals surface area contributed by atoms with Crippen LogP contribution in [0.2, 0.25) is 0 Å². The van der Waals surface area contributed by atoms with E-state index in [-0.39, 0.29) is 11.9 Å². The zero-order chi connectivity index (χ0) is 13.7. The molecule has 0 saturated heterocycles. The van der Waals surface area contributed by atoms with Gasteiger partial charge in [0.15, 0.2) is 0 Å². The van der Waals surface area contributed by atoms with Gasteiger partial charge in [0.2, 0.25) is 5.91 Å². The number of primary amides is 1. The third-order valence-electron chi connectivity index (χ3n) is 3.75. The Morgan fingerprint density at radius 2 is 2.32 bits per heavy atom. The number of rotatable bonds is 7. The van der Waals surface area contributed by atoms with Gasteiger partial charge in [0.05, 0.1) is 18.1 Å². The van der Waals surface area contributed by atoms with Crippen LogP contribution in [0.5, 0.6) is 0 Å². The van der Waals surface area contributed by atoms with Crippen molar-refractivity contribution in [1.82, 2.24) is 14.9 Å². The molecule has 1 atom stereocenters. The molecule has 2 rings (SSSR count). The van der Waals surface area contributed by atoms with Crippen molar-refractivity contribution < 1.29 is 4.79 Å². The van der Waals surface area contributed by atoms with E-state index in [4.69, 9.17) is 5.73 Å². The molecule has 1 aromatic rings. The molecule has 0 bridgehead atoms. The van der Waals surface area contributed by atoms with Crippen LogP contribution in [0.3, 0.4) is 0 Å². The maximum absolute atomic E-state index is 11.4. The molecule has 1 amide bonds. The lowest BCUT2D eigenvalue weighted by Crippen LogP contribution is -2.42. The van der Waals surface area contributed by atoms with E-state index < -0.39 is 0 Å². The number of hydrogen-bond donors (Lipinski definition) is 2. The molecule has 0 saturated carbocycles. The number of fused-ring (bicyclic) bond motifs is 1. The monoisotopic (exact) mass is 264 g/mol. The third kappa shape index (κ3) is 3.56. The number of carbonyl (C=O) groups excluding carboxylic acids is 1. The summed E-state index contributed by atoms with van der Waals surface area (Å²) in [5.41, 5.74) is 8.02. The number of nitrogens with zero attached hydrogens (tertiary/aromatic N) is 2. The average Bonchev–Trinajstić information content (AvgIpc) is 2.82. The first-order valence-corrected chi connectivity index (χ1v) is 7.28. The van der Waals surface area contributed by atoms with Crippen LogP contribution in [0.1, 0.15) is 44.0 Å². The van der Waals surface area contributed by atoms with Gasteiger partial charge in [-0.3, -0.25) is 4.79 Å². The molecule has 0 aromatic carbocycles. The molecule has 1 aliphatic carbocycles. The lowest BCUT2D eigenvalue weighted by atomic mass is 10.0. The van der Waals surface area contributed by atoms with Crippen molar-refractivity contribution in [2.75, 3.05) is 6.54 Å². The van der Waals surface area contributed by atoms with Crippen molar-refractivity contribution in [3.05, 3.63) is 17.7 Å². The van der Waals surface area contributed by atoms with Crippen molar-refractivity contribution >= 4 is 5.91 Å². The van der Waals surface area contributed by atoms with Crippen LogP contribution in [0.25, 0.3) is 0 Å². The van der Waals surface area contributed by atoms with E-state index in [2.05, 4.69) is 21.8 Å². The predicted molar refractivity (Wildman–Crippen MR) is 74.8 cm³/mol. The van der Waals surface area contributed by atoms with Crippen molar-refractivity contribution in [2.45, 2.75) is 58.0 Å². The van der Waals surface area contributed by atoms with Gasteiger partial charge in [-0.25, -0.2) is 4.98 Å². The van der Waals surface area contributed by atoms with Crippen LogP contribution in [0.4, 0.5) is 0 Å². The fourth-order valence-electron chi connectivity index (χ4n) is 2.66. The van der Waals surface area contributed by atoms with Gasteiger partial charge in [-0.15, -0.1) is 0 Å². The number of nitrogens with one attached hydrogen (secondary N) is 1. The molecule has 0 spiro atoms. The summed E-state index contributed by atoms with van der Waals surface area (Å²) < 4.78 is 2.19. The molecular weight excluding hydrogens is 240 g/mol. The minimum atomic E-state index is -0.262. The van der Waals surface area contributed by atoms with Crippen molar-refractivity contribution in [2.24, 2.45) is 5.73 Å². The quantitative estimate of drug-likeness (QED) is 0.772. The molecule has 5 nitrogen and oxygen atoms in total. The number of carbonyl (C=O) groups is 1. The molecule has 0 fully saturated rings. The minimum Gasteiger partial charge on any atom is -0.368 e. The van der Waals surface area contributed by atoms with E-state index in [0.717, 1.165) is 38.8 Å². The molecule has 0 aliphatic heterocycles. The summed E-state index contributed by atoms with van der Waals surface area (Å²) in [7, 11) is 0. The van der Waals surface area contributed by atoms with Gasteiger partial charge in [-0.1, -0.05) is 6.92 Å². The summed E-state index contributed by atoms with van der Waals surface area (Å²) in [6.07, 6.45) is 8.34. The second-order valence-corrected chi connectivity index (χ2v) is 5.24. The summed E-state index contributed by atoms with van der Waals surface area (Å²) in [6.45, 7) is 3.72. The molecule has 106 valence electrons. The summed E-state index contributed by atoms with van der Waals surface area (Å²) in [4.78, 5) is 15.9. The van der Waals surface area contributed by atoms with E-state index in [1.165, 1.54) is 24.2 Å². The standard InChI is InChI=1S/C14H24N4O/c1-2-8-16-12(14(15)19)7-9-18-10-17-11-5-3-4-6-13(11)18/h10,12,16H,2-9H2,1H3,(H2,15,19). The molecule has 5 heteroatoms. The Labute approximate surface area is 114 Å². The molecule has 1 aromatic heterocycles. The average molecular weight is 264 g/mol. The second kappa shape index (κ2) is 6.70. The largest absolute Gasteiger partial charge is 0.368 e. The minimum absolute atomic E-state index is 0.235. The van der Waals surface area contributed by atoms with Crippen LogP contribution in [-0.4, -0.2) is 28.0 Å². The summed E-state index contributed by atoms with van der Waals surface area (Å²) >= 11 is 0. The van der Waals surface area contributed by atoms with Crippen molar-refractivity contribution in [3.63, 3.8) is 0 Å². The summed E-state index contributed by atoms with van der Waals surface area (Å²) in [5.74, 6) is -0.262. The normalized spacial score (nSPS) is 16.1. The number of aromatic nitrogens is 2. The third-order valence-corrected chi connectivity index (χ3v) is 3.75. The van der Waals surface area contributed by atoms with E-state index in [9.17, 15) is 4.79 Å². The topological polar surface area (TPSA) is 72.9 Å². The van der Waals surface area contributed by atoms with Crippen LogP contribution < -0.4 is 11.1 Å². The van der Waals surface area contributed by atoms with Crippen LogP contribution in [-0.2, 0) is 24.2 Å². The van der Waals surface area contributed by atoms with E-state index in [0.29, 0.717) is 0 Å². The SMILES string of the molecule is CCCNC(CCn1cnc2c1CCCC2)C(N)=O. The Bertz CT molecular complexity index is 427. The Morgan fingerprint density at radius 3 is 3.05 bits per heavy atom. The maximum Gasteiger partial charge on any atom is 0.234 e. The van der Waals surface area contributed by atoms with Gasteiger partial charge in [-0.2, -0.15) is 0 Å². The molecule has 1 heterocycles. The lowest BCUT2D eigenvalue weighted by Gasteiger charge is -2.17. The van der Waals surface area contributed by atoms with E-state index in [1.54, 1.807) is 0 Å². The van der Waals surface area contributed by atoms with Gasteiger partial charge in [-0.05, 0) is 45.1 Å². The number of amides is 1. The van der Waals surface area contributed by atoms with Crippen LogP contribution >= 0.6 is 0 Å². The van der Waals surface area contributed by atoms with Crippen molar-refractivity contribution in [3.8, 4) is 0 Å². The number of nitrogens with two attached hydrogens (primary N) is 1. The van der Waals surface area contributed by atoms with Crippen LogP contribution in [0.15, 0.2) is 6.33 Å². The summed E-state index contributed by atoms with van der Waals surface area (Å²) in [6, 6.07) is -0.235. The fraction of sp³-hybridized carbons (Fsp3) is 0.714. The molecule has 1 aliphatic rings. The van der Waals surface area contributed by atoms with Gasteiger partial charge in [0, 0.05) is 12.2 Å². The van der Waals surface area contributed by atoms with Crippen LogP contribution in [0, 0.1) is 0 Å². The Kier molecular flexibility index (Phi) is 4.96. The Balaban J connectivity index is 1.93. The first-order chi connectivity index (χ1) is 9.22. The van der Waals surface area contributed by atoms with E-state index >= 15 is 0 Å². The predicted octanol–water partition coefficient (Wildman–Crippen LogP) is 1.01. The number of aryl methyl sites for hydroxylation is 2. The second-order valence-electron chi connectivity index (χ2n) is 5.24. The number of hydrogen-bond acceptors (Lipinski definition) is 3. The first kappa shape index (κ1) is 14.1. The summed E-state index contributed by atoms with van der Waals surface area (Å²) in [5, 5.41) is 3.20. The maximum atomic E-state index is 11.4. The zero-order valence-corrected chi connectivity index (χ0v) is 11.7. The van der Waals surface area contributed by atoms with Gasteiger partial charge in [0.25, 0.3) is 0 Å². The highest BCUT2D eigenvalue weighted by atomic mass is 16.1. The zero-order valence-electron chi connectivity index (χ0n) is 11.7. The molecular formula is C14H24N4O. The lowest BCUT2D eigenvalue weighted by molar-refractivity contribution is -0.120. The fourth-order valence-corrected chi connectivity index (χ4v) is 2.66. The highest BCUT2D eigenvalue weighted by molar-refractivity contribution is 5.79. The highest BCUT2D eigenvalue weighted by Crippen LogP contribution is 2.20. The number of imidazole rings is 1. The van der Waals surface area contributed by atoms with E-state index in [1.807, 2.05) is 6.33 Å². The smallest absolute Gasteiger partial charge is 0.234 e. The molecule has 1 unspecified atom stereocenters. The van der Waals surface area contributed by atoms with Crippen molar-refractivity contribution in [1.29, 1.82) is 0 Å². The molecule has 3 N–H and O–H groups in total. The molecule has 19 heavy (non-hydrogen) atoms. The molecule has 0 radical (unpaired) electrons. The first-order valence-electron chi connectivity index (χ1n) is 7.28. The van der Waals surface area contributed by atoms with Gasteiger partial charge < -0.3 is 15.6 Å². The highest BCUT2D eigenvalue weighted by Gasteiger charge is 2.18. The Hall–Kier alpha value is -1.36. The van der Waals surface area contributed by atoms with Gasteiger partial charge >= 0.3 is 0 Å². The Morgan fingerprint density at radius 1 is 1.53 bits per heavy atom.